The Bertz CT molecular complexity index is 838. The van der Waals surface area contributed by atoms with Gasteiger partial charge in [0.15, 0.2) is 0 Å². The van der Waals surface area contributed by atoms with Crippen LogP contribution in [0.1, 0.15) is 24.4 Å². The zero-order chi connectivity index (χ0) is 16.4. The van der Waals surface area contributed by atoms with Crippen molar-refractivity contribution < 1.29 is 4.79 Å². The molecule has 1 amide bonds. The predicted molar refractivity (Wildman–Crippen MR) is 89.5 cm³/mol. The fourth-order valence-electron chi connectivity index (χ4n) is 2.44. The summed E-state index contributed by atoms with van der Waals surface area (Å²) < 4.78 is 1.54. The van der Waals surface area contributed by atoms with Gasteiger partial charge in [0.2, 0.25) is 5.91 Å². The van der Waals surface area contributed by atoms with Gasteiger partial charge in [-0.2, -0.15) is 5.10 Å². The smallest absolute Gasteiger partial charge is 0.244 e. The van der Waals surface area contributed by atoms with E-state index in [1.54, 1.807) is 17.8 Å². The fourth-order valence-corrected chi connectivity index (χ4v) is 2.59. The van der Waals surface area contributed by atoms with Crippen LogP contribution in [0.4, 0.5) is 0 Å². The zero-order valence-electron chi connectivity index (χ0n) is 13.0. The summed E-state index contributed by atoms with van der Waals surface area (Å²) in [5.41, 5.74) is 3.14. The number of H-pyrrole nitrogens is 1. The summed E-state index contributed by atoms with van der Waals surface area (Å²) in [6.45, 7) is 4.33. The number of hydrogen-bond acceptors (Lipinski definition) is 3. The van der Waals surface area contributed by atoms with Crippen molar-refractivity contribution in [2.45, 2.75) is 26.3 Å². The summed E-state index contributed by atoms with van der Waals surface area (Å²) in [5, 5.41) is 7.46. The number of aryl methyl sites for hydroxylation is 1. The van der Waals surface area contributed by atoms with Crippen molar-refractivity contribution >= 4 is 28.5 Å². The topological polar surface area (TPSA) is 75.6 Å². The van der Waals surface area contributed by atoms with Crippen LogP contribution in [0.3, 0.4) is 0 Å². The quantitative estimate of drug-likeness (QED) is 0.754. The van der Waals surface area contributed by atoms with Gasteiger partial charge in [0.1, 0.15) is 11.9 Å². The lowest BCUT2D eigenvalue weighted by Crippen LogP contribution is -2.32. The van der Waals surface area contributed by atoms with Gasteiger partial charge in [-0.15, -0.1) is 0 Å². The summed E-state index contributed by atoms with van der Waals surface area (Å²) in [6, 6.07) is 5.63. The zero-order valence-corrected chi connectivity index (χ0v) is 13.8. The van der Waals surface area contributed by atoms with Crippen LogP contribution in [0, 0.1) is 6.92 Å². The molecular weight excluding hydrogens is 314 g/mol. The molecule has 3 aromatic rings. The summed E-state index contributed by atoms with van der Waals surface area (Å²) in [5.74, 6) is 0.765. The molecule has 1 aromatic carbocycles. The maximum atomic E-state index is 12.1. The first-order valence-corrected chi connectivity index (χ1v) is 7.84. The molecule has 1 atom stereocenters. The lowest BCUT2D eigenvalue weighted by molar-refractivity contribution is -0.124. The standard InChI is InChI=1S/C16H18ClN5O/c1-10-4-3-5-13-15(10)21-14(20-13)6-7-18-16(23)11(2)22-9-12(17)8-19-22/h3-5,8-9,11H,6-7H2,1-2H3,(H,18,23)(H,20,21)/t11-/m1/s1. The third-order valence-electron chi connectivity index (χ3n) is 3.77. The Morgan fingerprint density at radius 2 is 2.30 bits per heavy atom. The van der Waals surface area contributed by atoms with Crippen LogP contribution in [0.5, 0.6) is 0 Å². The van der Waals surface area contributed by atoms with Crippen molar-refractivity contribution in [3.63, 3.8) is 0 Å². The molecule has 2 aromatic heterocycles. The molecule has 0 fully saturated rings. The number of carbonyl (C=O) groups is 1. The molecule has 3 rings (SSSR count). The molecule has 23 heavy (non-hydrogen) atoms. The highest BCUT2D eigenvalue weighted by Gasteiger charge is 2.15. The fraction of sp³-hybridized carbons (Fsp3) is 0.312. The molecule has 0 aliphatic rings. The molecule has 6 nitrogen and oxygen atoms in total. The number of amides is 1. The van der Waals surface area contributed by atoms with E-state index in [0.717, 1.165) is 22.4 Å². The number of rotatable bonds is 5. The van der Waals surface area contributed by atoms with E-state index >= 15 is 0 Å². The first-order valence-electron chi connectivity index (χ1n) is 7.46. The Hall–Kier alpha value is -2.34. The lowest BCUT2D eigenvalue weighted by atomic mass is 10.2. The summed E-state index contributed by atoms with van der Waals surface area (Å²) in [6.07, 6.45) is 3.79. The molecule has 0 unspecified atom stereocenters. The molecule has 2 heterocycles. The molecule has 0 spiro atoms. The summed E-state index contributed by atoms with van der Waals surface area (Å²) in [4.78, 5) is 20.0. The largest absolute Gasteiger partial charge is 0.354 e. The average Bonchev–Trinajstić information content (AvgIpc) is 3.13. The number of carbonyl (C=O) groups excluding carboxylic acids is 1. The van der Waals surface area contributed by atoms with E-state index in [1.165, 1.54) is 6.20 Å². The van der Waals surface area contributed by atoms with E-state index in [2.05, 4.69) is 20.4 Å². The van der Waals surface area contributed by atoms with Gasteiger partial charge in [-0.3, -0.25) is 9.48 Å². The van der Waals surface area contributed by atoms with E-state index in [-0.39, 0.29) is 5.91 Å². The molecule has 2 N–H and O–H groups in total. The van der Waals surface area contributed by atoms with Crippen molar-refractivity contribution in [2.75, 3.05) is 6.54 Å². The minimum Gasteiger partial charge on any atom is -0.354 e. The average molecular weight is 332 g/mol. The van der Waals surface area contributed by atoms with Gasteiger partial charge < -0.3 is 10.3 Å². The van der Waals surface area contributed by atoms with E-state index in [9.17, 15) is 4.79 Å². The summed E-state index contributed by atoms with van der Waals surface area (Å²) >= 11 is 5.82. The van der Waals surface area contributed by atoms with Gasteiger partial charge in [0, 0.05) is 19.2 Å². The van der Waals surface area contributed by atoms with Crippen LogP contribution >= 0.6 is 11.6 Å². The summed E-state index contributed by atoms with van der Waals surface area (Å²) in [7, 11) is 0. The number of hydrogen-bond donors (Lipinski definition) is 2. The Labute approximate surface area is 138 Å². The van der Waals surface area contributed by atoms with Crippen molar-refractivity contribution in [1.82, 2.24) is 25.1 Å². The SMILES string of the molecule is Cc1cccc2[nH]c(CCNC(=O)[C@@H](C)n3cc(Cl)cn3)nc12. The normalized spacial score (nSPS) is 12.5. The molecule has 0 bridgehead atoms. The Balaban J connectivity index is 1.57. The minimum atomic E-state index is -0.402. The maximum Gasteiger partial charge on any atom is 0.244 e. The number of aromatic amines is 1. The monoisotopic (exact) mass is 331 g/mol. The van der Waals surface area contributed by atoms with Gasteiger partial charge in [0.05, 0.1) is 22.3 Å². The van der Waals surface area contributed by atoms with E-state index in [4.69, 9.17) is 11.6 Å². The molecule has 0 radical (unpaired) electrons. The number of halogens is 1. The first-order chi connectivity index (χ1) is 11.0. The van der Waals surface area contributed by atoms with Crippen LogP contribution in [-0.4, -0.2) is 32.2 Å². The van der Waals surface area contributed by atoms with Crippen LogP contribution < -0.4 is 5.32 Å². The second kappa shape index (κ2) is 6.42. The van der Waals surface area contributed by atoms with Gasteiger partial charge in [0.25, 0.3) is 0 Å². The van der Waals surface area contributed by atoms with Gasteiger partial charge >= 0.3 is 0 Å². The Morgan fingerprint density at radius 1 is 1.48 bits per heavy atom. The number of aromatic nitrogens is 4. The first kappa shape index (κ1) is 15.6. The Kier molecular flexibility index (Phi) is 4.34. The van der Waals surface area contributed by atoms with Gasteiger partial charge in [-0.25, -0.2) is 4.98 Å². The van der Waals surface area contributed by atoms with Crippen molar-refractivity contribution in [1.29, 1.82) is 0 Å². The van der Waals surface area contributed by atoms with E-state index < -0.39 is 6.04 Å². The van der Waals surface area contributed by atoms with E-state index in [1.807, 2.05) is 25.1 Å². The van der Waals surface area contributed by atoms with Crippen LogP contribution in [0.25, 0.3) is 11.0 Å². The second-order valence-electron chi connectivity index (χ2n) is 5.51. The van der Waals surface area contributed by atoms with Crippen LogP contribution in [0.15, 0.2) is 30.6 Å². The highest BCUT2D eigenvalue weighted by molar-refractivity contribution is 6.30. The Morgan fingerprint density at radius 3 is 3.00 bits per heavy atom. The number of fused-ring (bicyclic) bond motifs is 1. The number of nitrogens with zero attached hydrogens (tertiary/aromatic N) is 3. The molecule has 0 saturated carbocycles. The molecular formula is C16H18ClN5O. The highest BCUT2D eigenvalue weighted by atomic mass is 35.5. The molecule has 0 aliphatic heterocycles. The van der Waals surface area contributed by atoms with Crippen LogP contribution in [0.2, 0.25) is 5.02 Å². The second-order valence-corrected chi connectivity index (χ2v) is 5.95. The highest BCUT2D eigenvalue weighted by Crippen LogP contribution is 2.15. The van der Waals surface area contributed by atoms with Gasteiger partial charge in [-0.1, -0.05) is 23.7 Å². The molecule has 0 saturated heterocycles. The van der Waals surface area contributed by atoms with Gasteiger partial charge in [-0.05, 0) is 25.5 Å². The predicted octanol–water partition coefficient (Wildman–Crippen LogP) is 2.64. The molecule has 120 valence electrons. The number of nitrogens with one attached hydrogen (secondary N) is 2. The van der Waals surface area contributed by atoms with Crippen molar-refractivity contribution in [2.24, 2.45) is 0 Å². The van der Waals surface area contributed by atoms with Crippen LogP contribution in [-0.2, 0) is 11.2 Å². The maximum absolute atomic E-state index is 12.1. The van der Waals surface area contributed by atoms with Crippen molar-refractivity contribution in [3.8, 4) is 0 Å². The van der Waals surface area contributed by atoms with Crippen molar-refractivity contribution in [3.05, 3.63) is 47.0 Å². The van der Waals surface area contributed by atoms with E-state index in [0.29, 0.717) is 18.0 Å². The number of para-hydroxylation sites is 1. The minimum absolute atomic E-state index is 0.0999. The number of benzene rings is 1. The third-order valence-corrected chi connectivity index (χ3v) is 3.97. The molecule has 7 heteroatoms. The number of imidazole rings is 1. The molecule has 0 aliphatic carbocycles. The third kappa shape index (κ3) is 3.37. The lowest BCUT2D eigenvalue weighted by Gasteiger charge is -2.12.